The van der Waals surface area contributed by atoms with Crippen molar-refractivity contribution in [1.82, 2.24) is 9.97 Å². The number of rotatable bonds is 6. The number of hydrogen-bond donors (Lipinski definition) is 4. The highest BCUT2D eigenvalue weighted by Gasteiger charge is 2.08. The molecule has 1 atom stereocenters. The van der Waals surface area contributed by atoms with Gasteiger partial charge in [-0.2, -0.15) is 10.4 Å². The van der Waals surface area contributed by atoms with Crippen molar-refractivity contribution in [2.45, 2.75) is 19.8 Å². The molecular weight excluding hydrogens is 340 g/mol. The van der Waals surface area contributed by atoms with Crippen LogP contribution in [0.4, 0.5) is 17.1 Å². The maximum atomic E-state index is 11.9. The topological polar surface area (TPSA) is 164 Å². The third-order valence-electron chi connectivity index (χ3n) is 3.32. The number of anilines is 1. The van der Waals surface area contributed by atoms with Crippen molar-refractivity contribution in [3.05, 3.63) is 45.1 Å². The standard InChI is InChI=1S/C16H16N6O4/c1-9(8-17)5-6-12(23)18-10-3-2-4-11(7-10)21-22-13-14(24)19-16(26)20-15(13)25/h2-4,7,9H,5-6H2,1H3,(H,18,23)(H3,19,20,24,25,26). The first-order chi connectivity index (χ1) is 12.4. The number of nitriles is 1. The number of nitrogens with zero attached hydrogens (tertiary/aromatic N) is 3. The summed E-state index contributed by atoms with van der Waals surface area (Å²) in [4.78, 5) is 38.3. The number of amides is 1. The zero-order valence-corrected chi connectivity index (χ0v) is 13.8. The average Bonchev–Trinajstić information content (AvgIpc) is 2.59. The molecule has 1 unspecified atom stereocenters. The van der Waals surface area contributed by atoms with Crippen LogP contribution in [0, 0.1) is 17.2 Å². The van der Waals surface area contributed by atoms with Crippen molar-refractivity contribution in [3.8, 4) is 11.9 Å². The molecule has 0 bridgehead atoms. The van der Waals surface area contributed by atoms with E-state index in [0.29, 0.717) is 17.8 Å². The predicted molar refractivity (Wildman–Crippen MR) is 92.6 cm³/mol. The molecule has 26 heavy (non-hydrogen) atoms. The van der Waals surface area contributed by atoms with Gasteiger partial charge in [0.05, 0.1) is 11.8 Å². The number of aromatic hydroxyl groups is 1. The Morgan fingerprint density at radius 1 is 1.35 bits per heavy atom. The molecule has 0 fully saturated rings. The van der Waals surface area contributed by atoms with Crippen molar-refractivity contribution in [3.63, 3.8) is 0 Å². The van der Waals surface area contributed by atoms with E-state index < -0.39 is 22.8 Å². The van der Waals surface area contributed by atoms with E-state index in [1.54, 1.807) is 25.1 Å². The number of carbonyl (C=O) groups is 1. The lowest BCUT2D eigenvalue weighted by Crippen LogP contribution is -2.20. The molecule has 0 spiro atoms. The Hall–Kier alpha value is -3.74. The van der Waals surface area contributed by atoms with Crippen LogP contribution in [0.15, 0.2) is 44.1 Å². The van der Waals surface area contributed by atoms with Crippen molar-refractivity contribution < 1.29 is 9.90 Å². The van der Waals surface area contributed by atoms with Gasteiger partial charge in [-0.3, -0.25) is 19.6 Å². The minimum Gasteiger partial charge on any atom is -0.493 e. The summed E-state index contributed by atoms with van der Waals surface area (Å²) in [5.41, 5.74) is -1.40. The largest absolute Gasteiger partial charge is 0.493 e. The Morgan fingerprint density at radius 2 is 2.12 bits per heavy atom. The number of hydrogen-bond acceptors (Lipinski definition) is 7. The minimum atomic E-state index is -0.883. The Morgan fingerprint density at radius 3 is 2.81 bits per heavy atom. The van der Waals surface area contributed by atoms with E-state index in [2.05, 4.69) is 21.6 Å². The molecule has 1 heterocycles. The van der Waals surface area contributed by atoms with Crippen molar-refractivity contribution in [1.29, 1.82) is 5.26 Å². The van der Waals surface area contributed by atoms with Crippen LogP contribution in [0.25, 0.3) is 0 Å². The van der Waals surface area contributed by atoms with Gasteiger partial charge in [-0.15, -0.1) is 5.11 Å². The maximum absolute atomic E-state index is 11.9. The number of carbonyl (C=O) groups excluding carboxylic acids is 1. The summed E-state index contributed by atoms with van der Waals surface area (Å²) in [6.45, 7) is 1.74. The van der Waals surface area contributed by atoms with E-state index in [4.69, 9.17) is 5.26 Å². The molecule has 1 amide bonds. The predicted octanol–water partition coefficient (Wildman–Crippen LogP) is 2.06. The molecule has 1 aromatic carbocycles. The summed E-state index contributed by atoms with van der Waals surface area (Å²) in [5.74, 6) is -1.14. The van der Waals surface area contributed by atoms with Crippen LogP contribution in [-0.2, 0) is 4.79 Å². The zero-order valence-electron chi connectivity index (χ0n) is 13.8. The summed E-state index contributed by atoms with van der Waals surface area (Å²) < 4.78 is 0. The Bertz CT molecular complexity index is 985. The molecular formula is C16H16N6O4. The second-order valence-electron chi connectivity index (χ2n) is 5.47. The van der Waals surface area contributed by atoms with Crippen molar-refractivity contribution in [2.24, 2.45) is 16.1 Å². The van der Waals surface area contributed by atoms with Gasteiger partial charge < -0.3 is 10.4 Å². The summed E-state index contributed by atoms with van der Waals surface area (Å²) in [7, 11) is 0. The van der Waals surface area contributed by atoms with Crippen LogP contribution >= 0.6 is 0 Å². The molecule has 2 rings (SSSR count). The van der Waals surface area contributed by atoms with Crippen LogP contribution in [-0.4, -0.2) is 21.0 Å². The third kappa shape index (κ3) is 5.13. The van der Waals surface area contributed by atoms with Gasteiger partial charge in [-0.05, 0) is 31.5 Å². The van der Waals surface area contributed by atoms with Gasteiger partial charge in [0.15, 0.2) is 0 Å². The van der Waals surface area contributed by atoms with Crippen LogP contribution < -0.4 is 16.6 Å². The zero-order chi connectivity index (χ0) is 19.1. The van der Waals surface area contributed by atoms with Gasteiger partial charge >= 0.3 is 5.69 Å². The lowest BCUT2D eigenvalue weighted by atomic mass is 10.1. The van der Waals surface area contributed by atoms with E-state index in [0.717, 1.165) is 0 Å². The molecule has 10 nitrogen and oxygen atoms in total. The number of benzene rings is 1. The average molecular weight is 356 g/mol. The SMILES string of the molecule is CC(C#N)CCC(=O)Nc1cccc(N=Nc2c(O)[nH]c(=O)[nH]c2=O)c1. The van der Waals surface area contributed by atoms with Crippen LogP contribution in [0.5, 0.6) is 5.88 Å². The van der Waals surface area contributed by atoms with Crippen molar-refractivity contribution in [2.75, 3.05) is 5.32 Å². The Kier molecular flexibility index (Phi) is 6.00. The Balaban J connectivity index is 2.10. The fraction of sp³-hybridized carbons (Fsp3) is 0.250. The molecule has 0 aliphatic carbocycles. The number of aromatic nitrogens is 2. The van der Waals surface area contributed by atoms with Gasteiger partial charge in [0.1, 0.15) is 0 Å². The molecule has 0 radical (unpaired) electrons. The van der Waals surface area contributed by atoms with Gasteiger partial charge in [-0.25, -0.2) is 4.79 Å². The summed E-state index contributed by atoms with van der Waals surface area (Å²) in [5, 5.41) is 28.4. The number of azo groups is 1. The monoisotopic (exact) mass is 356 g/mol. The van der Waals surface area contributed by atoms with E-state index in [9.17, 15) is 19.5 Å². The molecule has 134 valence electrons. The van der Waals surface area contributed by atoms with Crippen molar-refractivity contribution >= 4 is 23.0 Å². The fourth-order valence-electron chi connectivity index (χ4n) is 1.95. The molecule has 0 aliphatic rings. The molecule has 4 N–H and O–H groups in total. The highest BCUT2D eigenvalue weighted by Crippen LogP contribution is 2.23. The number of H-pyrrole nitrogens is 2. The highest BCUT2D eigenvalue weighted by atomic mass is 16.3. The molecule has 2 aromatic rings. The van der Waals surface area contributed by atoms with E-state index in [1.807, 2.05) is 9.97 Å². The molecule has 0 saturated heterocycles. The molecule has 1 aromatic heterocycles. The maximum Gasteiger partial charge on any atom is 0.328 e. The van der Waals surface area contributed by atoms with Crippen LogP contribution in [0.3, 0.4) is 0 Å². The first-order valence-corrected chi connectivity index (χ1v) is 7.66. The highest BCUT2D eigenvalue weighted by molar-refractivity contribution is 5.91. The Labute approximate surface area is 147 Å². The summed E-state index contributed by atoms with van der Waals surface area (Å²) >= 11 is 0. The lowest BCUT2D eigenvalue weighted by molar-refractivity contribution is -0.116. The smallest absolute Gasteiger partial charge is 0.328 e. The molecule has 0 saturated carbocycles. The first-order valence-electron chi connectivity index (χ1n) is 7.66. The van der Waals surface area contributed by atoms with Gasteiger partial charge in [0.2, 0.25) is 17.5 Å². The normalized spacial score (nSPS) is 11.8. The van der Waals surface area contributed by atoms with E-state index in [-0.39, 0.29) is 18.2 Å². The second kappa shape index (κ2) is 8.39. The lowest BCUT2D eigenvalue weighted by Gasteiger charge is -2.06. The van der Waals surface area contributed by atoms with Gasteiger partial charge in [-0.1, -0.05) is 6.07 Å². The quantitative estimate of drug-likeness (QED) is 0.581. The summed E-state index contributed by atoms with van der Waals surface area (Å²) in [6, 6.07) is 8.43. The van der Waals surface area contributed by atoms with Crippen LogP contribution in [0.1, 0.15) is 19.8 Å². The summed E-state index contributed by atoms with van der Waals surface area (Å²) in [6.07, 6.45) is 0.664. The second-order valence-corrected chi connectivity index (χ2v) is 5.47. The molecule has 10 heteroatoms. The van der Waals surface area contributed by atoms with Gasteiger partial charge in [0.25, 0.3) is 5.56 Å². The first kappa shape index (κ1) is 18.6. The molecule has 0 aliphatic heterocycles. The number of aromatic amines is 2. The van der Waals surface area contributed by atoms with Crippen LogP contribution in [0.2, 0.25) is 0 Å². The van der Waals surface area contributed by atoms with E-state index >= 15 is 0 Å². The van der Waals surface area contributed by atoms with Gasteiger partial charge in [0, 0.05) is 18.0 Å². The third-order valence-corrected chi connectivity index (χ3v) is 3.32. The fourth-order valence-corrected chi connectivity index (χ4v) is 1.95. The minimum absolute atomic E-state index is 0.205. The van der Waals surface area contributed by atoms with E-state index in [1.165, 1.54) is 6.07 Å². The number of nitrogens with one attached hydrogen (secondary N) is 3.